The molecule has 0 atom stereocenters. The van der Waals surface area contributed by atoms with E-state index < -0.39 is 0 Å². The second-order valence-corrected chi connectivity index (χ2v) is 12.4. The van der Waals surface area contributed by atoms with Crippen LogP contribution in [-0.2, 0) is 15.1 Å². The number of aromatic nitrogens is 8. The van der Waals surface area contributed by atoms with Crippen LogP contribution in [0.3, 0.4) is 0 Å². The predicted octanol–water partition coefficient (Wildman–Crippen LogP) is 7.50. The first kappa shape index (κ1) is 26.1. The van der Waals surface area contributed by atoms with Crippen LogP contribution in [0.25, 0.3) is 89.7 Å². The number of fused-ring (bicyclic) bond motifs is 20. The molecular weight excluding hydrogens is 668 g/mol. The van der Waals surface area contributed by atoms with Crippen LogP contribution in [0.5, 0.6) is 0 Å². The molecule has 8 bridgehead atoms. The molecule has 2 aliphatic heterocycles. The maximum atomic E-state index is 4.95. The van der Waals surface area contributed by atoms with Crippen molar-refractivity contribution in [1.82, 2.24) is 39.9 Å². The molecule has 43 heavy (non-hydrogen) atoms. The first-order chi connectivity index (χ1) is 21.2. The summed E-state index contributed by atoms with van der Waals surface area (Å²) < 4.78 is 0. The summed E-state index contributed by atoms with van der Waals surface area (Å²) in [6.45, 7) is 0. The van der Waals surface area contributed by atoms with Crippen molar-refractivity contribution < 1.29 is 15.1 Å². The maximum Gasteiger partial charge on any atom is 0.0927 e. The van der Waals surface area contributed by atoms with Gasteiger partial charge in [0.2, 0.25) is 0 Å². The van der Waals surface area contributed by atoms with Crippen LogP contribution >= 0.6 is 19.4 Å². The molecule has 0 unspecified atom stereocenters. The Hall–Kier alpha value is -4.56. The summed E-state index contributed by atoms with van der Waals surface area (Å²) in [7, 11) is 9.71. The third-order valence-electron chi connectivity index (χ3n) is 7.33. The summed E-state index contributed by atoms with van der Waals surface area (Å²) in [6.07, 6.45) is 0. The maximum absolute atomic E-state index is 4.95. The van der Waals surface area contributed by atoms with Crippen molar-refractivity contribution in [2.75, 3.05) is 0 Å². The van der Waals surface area contributed by atoms with E-state index in [2.05, 4.69) is 0 Å². The van der Waals surface area contributed by atoms with Gasteiger partial charge in [0.05, 0.1) is 23.3 Å². The van der Waals surface area contributed by atoms with Crippen LogP contribution < -0.4 is 9.97 Å². The SMILES string of the molecule is [Cl][Ru+2][Cl].c1ccc2c(c1)-c1nc-2nc2[n-]c(nc3nc(nc4[n-]c(n1)c1ccccc41)-c1ccccc1-3)c1ccccc21. The molecule has 5 heterocycles. The van der Waals surface area contributed by atoms with E-state index in [0.717, 1.165) is 43.8 Å². The van der Waals surface area contributed by atoms with Crippen LogP contribution in [0, 0.1) is 0 Å². The third-order valence-corrected chi connectivity index (χ3v) is 7.33. The van der Waals surface area contributed by atoms with E-state index in [1.54, 1.807) is 0 Å². The molecule has 0 radical (unpaired) electrons. The molecule has 11 heteroatoms. The summed E-state index contributed by atoms with van der Waals surface area (Å²) in [4.78, 5) is 39.3. The van der Waals surface area contributed by atoms with E-state index in [-0.39, 0.29) is 15.1 Å². The zero-order valence-electron chi connectivity index (χ0n) is 21.9. The van der Waals surface area contributed by atoms with E-state index in [1.165, 1.54) is 0 Å². The molecule has 0 saturated heterocycles. The number of nitrogens with zero attached hydrogens (tertiary/aromatic N) is 8. The first-order valence-corrected chi connectivity index (χ1v) is 17.6. The first-order valence-electron chi connectivity index (χ1n) is 13.2. The van der Waals surface area contributed by atoms with Crippen LogP contribution in [-0.4, -0.2) is 29.9 Å². The largest absolute Gasteiger partial charge is 0.357 e. The van der Waals surface area contributed by atoms with Gasteiger partial charge in [-0.05, 0) is 21.5 Å². The molecule has 0 spiro atoms. The van der Waals surface area contributed by atoms with Gasteiger partial charge in [0.15, 0.2) is 0 Å². The Kier molecular flexibility index (Phi) is 6.44. The molecule has 8 nitrogen and oxygen atoms in total. The number of hydrogen-bond donors (Lipinski definition) is 0. The summed E-state index contributed by atoms with van der Waals surface area (Å²) >= 11 is -0.346. The van der Waals surface area contributed by atoms with Crippen molar-refractivity contribution in [2.24, 2.45) is 0 Å². The predicted molar refractivity (Wildman–Crippen MR) is 166 cm³/mol. The Morgan fingerprint density at radius 3 is 0.860 bits per heavy atom. The molecule has 7 aromatic rings. The molecule has 4 aromatic carbocycles. The monoisotopic (exact) mass is 684 g/mol. The Morgan fingerprint density at radius 2 is 0.605 bits per heavy atom. The Bertz CT molecular complexity index is 2060. The van der Waals surface area contributed by atoms with E-state index in [4.69, 9.17) is 59.3 Å². The summed E-state index contributed by atoms with van der Waals surface area (Å²) in [5.74, 6) is 2.21. The average Bonchev–Trinajstić information content (AvgIpc) is 3.77. The molecule has 0 aliphatic carbocycles. The number of benzene rings is 4. The molecule has 2 aliphatic rings. The Labute approximate surface area is 260 Å². The van der Waals surface area contributed by atoms with Crippen molar-refractivity contribution in [3.8, 4) is 45.6 Å². The fraction of sp³-hybridized carbons (Fsp3) is 0. The van der Waals surface area contributed by atoms with Gasteiger partial charge in [0.1, 0.15) is 0 Å². The van der Waals surface area contributed by atoms with Gasteiger partial charge in [-0.3, -0.25) is 0 Å². The molecule has 9 rings (SSSR count). The van der Waals surface area contributed by atoms with Gasteiger partial charge >= 0.3 is 34.5 Å². The van der Waals surface area contributed by atoms with Crippen LogP contribution in [0.4, 0.5) is 0 Å². The van der Waals surface area contributed by atoms with Gasteiger partial charge in [-0.2, -0.15) is 0 Å². The summed E-state index contributed by atoms with van der Waals surface area (Å²) in [5, 5.41) is 3.57. The summed E-state index contributed by atoms with van der Waals surface area (Å²) in [5.41, 5.74) is 5.78. The fourth-order valence-electron chi connectivity index (χ4n) is 5.46. The molecule has 3 aromatic heterocycles. The van der Waals surface area contributed by atoms with Crippen molar-refractivity contribution in [2.45, 2.75) is 0 Å². The van der Waals surface area contributed by atoms with Gasteiger partial charge in [0, 0.05) is 44.8 Å². The Morgan fingerprint density at radius 1 is 0.372 bits per heavy atom. The topological polar surface area (TPSA) is 106 Å². The van der Waals surface area contributed by atoms with Gasteiger partial charge in [-0.15, -0.1) is 0 Å². The van der Waals surface area contributed by atoms with Crippen molar-refractivity contribution in [1.29, 1.82) is 0 Å². The third kappa shape index (κ3) is 4.40. The van der Waals surface area contributed by atoms with Crippen molar-refractivity contribution in [3.05, 3.63) is 97.1 Å². The minimum atomic E-state index is -0.346. The minimum Gasteiger partial charge on any atom is -0.357 e. The van der Waals surface area contributed by atoms with Crippen molar-refractivity contribution >= 4 is 63.5 Å². The standard InChI is InChI=1S/C32H16N8.2ClH.Ru/c1-2-10-18-17(9-1)25-33-26(18)38-28-21-13-5-6-14-22(21)30(35-28)40-32-24-16-8-7-15-23(24)31(36-32)39-29-20-12-4-3-11-19(20)27(34-29)37-25;;;/h1-16H;2*1H;/q-2;;;+4/p-2. The molecular formula is C32H16Cl2N8Ru. The number of hydrogen-bond acceptors (Lipinski definition) is 6. The van der Waals surface area contributed by atoms with E-state index >= 15 is 0 Å². The van der Waals surface area contributed by atoms with E-state index in [0.29, 0.717) is 45.9 Å². The molecule has 0 saturated carbocycles. The minimum absolute atomic E-state index is 0.346. The Balaban J connectivity index is 0.000000892. The smallest absolute Gasteiger partial charge is 0.0927 e. The normalized spacial score (nSPS) is 11.6. The van der Waals surface area contributed by atoms with E-state index in [1.807, 2.05) is 97.1 Å². The second kappa shape index (κ2) is 10.6. The second-order valence-electron chi connectivity index (χ2n) is 9.72. The molecule has 0 amide bonds. The van der Waals surface area contributed by atoms with Crippen LogP contribution in [0.15, 0.2) is 97.1 Å². The van der Waals surface area contributed by atoms with Gasteiger partial charge in [-0.25, -0.2) is 9.97 Å². The number of halogens is 2. The number of rotatable bonds is 0. The van der Waals surface area contributed by atoms with Gasteiger partial charge < -0.3 is 29.9 Å². The quantitative estimate of drug-likeness (QED) is 0.151. The molecule has 0 fully saturated rings. The fourth-order valence-corrected chi connectivity index (χ4v) is 5.46. The van der Waals surface area contributed by atoms with Crippen molar-refractivity contribution in [3.63, 3.8) is 0 Å². The zero-order valence-corrected chi connectivity index (χ0v) is 25.2. The van der Waals surface area contributed by atoms with Gasteiger partial charge in [0.25, 0.3) is 0 Å². The van der Waals surface area contributed by atoms with E-state index in [9.17, 15) is 0 Å². The average molecular weight is 685 g/mol. The van der Waals surface area contributed by atoms with Gasteiger partial charge in [-0.1, -0.05) is 97.1 Å². The van der Waals surface area contributed by atoms with Crippen LogP contribution in [0.1, 0.15) is 0 Å². The summed E-state index contributed by atoms with van der Waals surface area (Å²) in [6, 6.07) is 31.8. The van der Waals surface area contributed by atoms with Crippen LogP contribution in [0.2, 0.25) is 0 Å². The molecule has 0 N–H and O–H groups in total. The molecule has 206 valence electrons. The zero-order chi connectivity index (χ0) is 28.9.